The maximum absolute atomic E-state index is 12.9. The lowest BCUT2D eigenvalue weighted by Crippen LogP contribution is -2.37. The maximum atomic E-state index is 12.9. The van der Waals surface area contributed by atoms with E-state index in [-0.39, 0.29) is 12.0 Å². The highest BCUT2D eigenvalue weighted by molar-refractivity contribution is 5.81. The predicted octanol–water partition coefficient (Wildman–Crippen LogP) is 2.05. The van der Waals surface area contributed by atoms with Crippen molar-refractivity contribution in [3.05, 3.63) is 64.7 Å². The van der Waals surface area contributed by atoms with Crippen molar-refractivity contribution < 1.29 is 9.53 Å². The van der Waals surface area contributed by atoms with Crippen LogP contribution in [0.1, 0.15) is 41.9 Å². The average Bonchev–Trinajstić information content (AvgIpc) is 3.51. The SMILES string of the molecule is C[C@@H](Cc1c[nH]nn1)O[C@H](C)C(=O)N1Cc2cnc(NC3Cc4ccccc4C3)nc2C1. The Kier molecular flexibility index (Phi) is 5.57. The van der Waals surface area contributed by atoms with E-state index in [1.54, 1.807) is 18.0 Å². The Morgan fingerprint density at radius 1 is 1.22 bits per heavy atom. The van der Waals surface area contributed by atoms with E-state index in [9.17, 15) is 4.79 Å². The van der Waals surface area contributed by atoms with Crippen LogP contribution in [0, 0.1) is 0 Å². The molecule has 166 valence electrons. The Balaban J connectivity index is 1.16. The summed E-state index contributed by atoms with van der Waals surface area (Å²) in [5.41, 5.74) is 5.46. The summed E-state index contributed by atoms with van der Waals surface area (Å²) in [5, 5.41) is 13.8. The van der Waals surface area contributed by atoms with Crippen molar-refractivity contribution in [2.24, 2.45) is 0 Å². The molecule has 3 aromatic rings. The molecule has 3 heterocycles. The number of aromatic amines is 1. The zero-order valence-corrected chi connectivity index (χ0v) is 18.3. The van der Waals surface area contributed by atoms with Gasteiger partial charge in [0.05, 0.1) is 24.0 Å². The summed E-state index contributed by atoms with van der Waals surface area (Å²) in [6.07, 6.45) is 5.42. The predicted molar refractivity (Wildman–Crippen MR) is 118 cm³/mol. The van der Waals surface area contributed by atoms with Gasteiger partial charge in [0.1, 0.15) is 6.10 Å². The van der Waals surface area contributed by atoms with Gasteiger partial charge < -0.3 is 15.0 Å². The van der Waals surface area contributed by atoms with Gasteiger partial charge in [0.25, 0.3) is 5.91 Å². The lowest BCUT2D eigenvalue weighted by molar-refractivity contribution is -0.146. The molecule has 2 aromatic heterocycles. The summed E-state index contributed by atoms with van der Waals surface area (Å²) < 4.78 is 5.92. The van der Waals surface area contributed by atoms with E-state index in [0.29, 0.717) is 31.5 Å². The van der Waals surface area contributed by atoms with Gasteiger partial charge in [-0.15, -0.1) is 5.10 Å². The molecule has 9 nitrogen and oxygen atoms in total. The second-order valence-electron chi connectivity index (χ2n) is 8.64. The smallest absolute Gasteiger partial charge is 0.252 e. The first-order valence-corrected chi connectivity index (χ1v) is 11.0. The number of rotatable bonds is 7. The van der Waals surface area contributed by atoms with Crippen LogP contribution in [0.5, 0.6) is 0 Å². The summed E-state index contributed by atoms with van der Waals surface area (Å²) in [6, 6.07) is 8.82. The average molecular weight is 434 g/mol. The summed E-state index contributed by atoms with van der Waals surface area (Å²) in [6.45, 7) is 4.71. The highest BCUT2D eigenvalue weighted by atomic mass is 16.5. The van der Waals surface area contributed by atoms with Crippen LogP contribution >= 0.6 is 0 Å². The van der Waals surface area contributed by atoms with E-state index >= 15 is 0 Å². The Hall–Kier alpha value is -3.33. The van der Waals surface area contributed by atoms with Crippen LogP contribution < -0.4 is 5.32 Å². The number of benzene rings is 1. The van der Waals surface area contributed by atoms with E-state index in [0.717, 1.165) is 29.8 Å². The number of hydrogen-bond acceptors (Lipinski definition) is 7. The lowest BCUT2D eigenvalue weighted by Gasteiger charge is -2.23. The van der Waals surface area contributed by atoms with Crippen LogP contribution in [-0.2, 0) is 41.9 Å². The molecule has 2 atom stereocenters. The summed E-state index contributed by atoms with van der Waals surface area (Å²) >= 11 is 0. The molecule has 0 spiro atoms. The molecule has 1 aliphatic heterocycles. The standard InChI is InChI=1S/C23H27N7O2/c1-14(7-20-11-25-29-28-20)32-15(2)22(31)30-12-18-10-24-23(27-21(18)13-30)26-19-8-16-5-3-4-6-17(16)9-19/h3-6,10-11,14-15,19H,7-9,12-13H2,1-2H3,(H,24,26,27)(H,25,28,29)/t14-,15+/m0/s1. The highest BCUT2D eigenvalue weighted by Gasteiger charge is 2.30. The molecule has 0 unspecified atom stereocenters. The van der Waals surface area contributed by atoms with E-state index in [1.165, 1.54) is 11.1 Å². The number of nitrogens with zero attached hydrogens (tertiary/aromatic N) is 5. The molecule has 1 aliphatic carbocycles. The lowest BCUT2D eigenvalue weighted by atomic mass is 10.1. The third-order valence-electron chi connectivity index (χ3n) is 6.10. The molecule has 2 aliphatic rings. The molecule has 5 rings (SSSR count). The summed E-state index contributed by atoms with van der Waals surface area (Å²) in [5.74, 6) is 0.581. The first kappa shape index (κ1) is 20.6. The first-order valence-electron chi connectivity index (χ1n) is 11.0. The molecule has 2 N–H and O–H groups in total. The van der Waals surface area contributed by atoms with Gasteiger partial charge in [-0.1, -0.05) is 29.5 Å². The minimum Gasteiger partial charge on any atom is -0.365 e. The van der Waals surface area contributed by atoms with Gasteiger partial charge >= 0.3 is 0 Å². The fourth-order valence-electron chi connectivity index (χ4n) is 4.55. The van der Waals surface area contributed by atoms with Crippen molar-refractivity contribution in [3.8, 4) is 0 Å². The number of amides is 1. The second kappa shape index (κ2) is 8.66. The number of ether oxygens (including phenoxy) is 1. The quantitative estimate of drug-likeness (QED) is 0.587. The number of anilines is 1. The van der Waals surface area contributed by atoms with Crippen LogP contribution in [0.3, 0.4) is 0 Å². The Morgan fingerprint density at radius 3 is 2.72 bits per heavy atom. The maximum Gasteiger partial charge on any atom is 0.252 e. The molecule has 1 aromatic carbocycles. The zero-order chi connectivity index (χ0) is 22.1. The third kappa shape index (κ3) is 4.34. The van der Waals surface area contributed by atoms with E-state index < -0.39 is 6.10 Å². The summed E-state index contributed by atoms with van der Waals surface area (Å²) in [7, 11) is 0. The van der Waals surface area contributed by atoms with Crippen LogP contribution in [0.2, 0.25) is 0 Å². The number of carbonyl (C=O) groups excluding carboxylic acids is 1. The van der Waals surface area contributed by atoms with Crippen molar-refractivity contribution in [1.82, 2.24) is 30.3 Å². The van der Waals surface area contributed by atoms with Crippen LogP contribution in [-0.4, -0.2) is 54.4 Å². The molecule has 0 saturated carbocycles. The molecule has 0 bridgehead atoms. The number of H-pyrrole nitrogens is 1. The van der Waals surface area contributed by atoms with Crippen molar-refractivity contribution in [3.63, 3.8) is 0 Å². The zero-order valence-electron chi connectivity index (χ0n) is 18.3. The first-order chi connectivity index (χ1) is 15.5. The summed E-state index contributed by atoms with van der Waals surface area (Å²) in [4.78, 5) is 23.9. The minimum atomic E-state index is -0.547. The molecule has 0 fully saturated rings. The second-order valence-corrected chi connectivity index (χ2v) is 8.64. The Bertz CT molecular complexity index is 1080. The van der Waals surface area contributed by atoms with Crippen LogP contribution in [0.15, 0.2) is 36.7 Å². The van der Waals surface area contributed by atoms with E-state index in [2.05, 4.69) is 50.0 Å². The van der Waals surface area contributed by atoms with Crippen molar-refractivity contribution in [1.29, 1.82) is 0 Å². The molecule has 0 saturated heterocycles. The van der Waals surface area contributed by atoms with Gasteiger partial charge in [0.2, 0.25) is 5.95 Å². The molecule has 9 heteroatoms. The monoisotopic (exact) mass is 433 g/mol. The van der Waals surface area contributed by atoms with Crippen LogP contribution in [0.25, 0.3) is 0 Å². The van der Waals surface area contributed by atoms with Gasteiger partial charge in [0, 0.05) is 37.0 Å². The van der Waals surface area contributed by atoms with Crippen molar-refractivity contribution >= 4 is 11.9 Å². The third-order valence-corrected chi connectivity index (χ3v) is 6.10. The van der Waals surface area contributed by atoms with Crippen molar-refractivity contribution in [2.75, 3.05) is 5.32 Å². The highest BCUT2D eigenvalue weighted by Crippen LogP contribution is 2.26. The fraction of sp³-hybridized carbons (Fsp3) is 0.435. The normalized spacial score (nSPS) is 17.1. The van der Waals surface area contributed by atoms with E-state index in [4.69, 9.17) is 9.72 Å². The number of aromatic nitrogens is 5. The molecule has 32 heavy (non-hydrogen) atoms. The molecule has 0 radical (unpaired) electrons. The van der Waals surface area contributed by atoms with Crippen molar-refractivity contribution in [2.45, 2.75) is 64.4 Å². The number of nitrogens with one attached hydrogen (secondary N) is 2. The van der Waals surface area contributed by atoms with Gasteiger partial charge in [-0.2, -0.15) is 0 Å². The number of hydrogen-bond donors (Lipinski definition) is 2. The topological polar surface area (TPSA) is 109 Å². The van der Waals surface area contributed by atoms with Gasteiger partial charge in [0.15, 0.2) is 0 Å². The molecular formula is C23H27N7O2. The largest absolute Gasteiger partial charge is 0.365 e. The van der Waals surface area contributed by atoms with Gasteiger partial charge in [-0.3, -0.25) is 9.89 Å². The Morgan fingerprint density at radius 2 is 2.00 bits per heavy atom. The van der Waals surface area contributed by atoms with Gasteiger partial charge in [-0.05, 0) is 37.8 Å². The number of carbonyl (C=O) groups is 1. The van der Waals surface area contributed by atoms with E-state index in [1.807, 2.05) is 13.1 Å². The minimum absolute atomic E-state index is 0.0456. The molecule has 1 amide bonds. The Labute approximate surface area is 186 Å². The molecular weight excluding hydrogens is 406 g/mol. The van der Waals surface area contributed by atoms with Gasteiger partial charge in [-0.25, -0.2) is 9.97 Å². The fourth-order valence-corrected chi connectivity index (χ4v) is 4.55. The van der Waals surface area contributed by atoms with Crippen LogP contribution in [0.4, 0.5) is 5.95 Å². The number of fused-ring (bicyclic) bond motifs is 2.